The van der Waals surface area contributed by atoms with Crippen molar-refractivity contribution in [2.45, 2.75) is 24.4 Å². The number of morpholine rings is 4. The molecule has 0 bridgehead atoms. The van der Waals surface area contributed by atoms with Crippen molar-refractivity contribution < 1.29 is 56.8 Å². The first kappa shape index (κ1) is 45.5. The van der Waals surface area contributed by atoms with Gasteiger partial charge in [-0.15, -0.1) is 17.5 Å². The van der Waals surface area contributed by atoms with Gasteiger partial charge in [0.1, 0.15) is 50.8 Å². The number of nitrogens with zero attached hydrogens (tertiary/aromatic N) is 12. The summed E-state index contributed by atoms with van der Waals surface area (Å²) in [5, 5.41) is 0. The summed E-state index contributed by atoms with van der Waals surface area (Å²) < 4.78 is 97.6. The monoisotopic (exact) mass is 972 g/mol. The predicted molar refractivity (Wildman–Crippen MR) is 233 cm³/mol. The molecule has 352 valence electrons. The van der Waals surface area contributed by atoms with Crippen LogP contribution in [0.2, 0.25) is 0 Å². The lowest BCUT2D eigenvalue weighted by Crippen LogP contribution is -2.36. The molecule has 4 aromatic rings. The smallest absolute Gasteiger partial charge is 0.270 e. The maximum Gasteiger partial charge on any atom is 0.270 e. The van der Waals surface area contributed by atoms with Crippen LogP contribution in [0.25, 0.3) is 0 Å². The highest BCUT2D eigenvalue weighted by atomic mass is 32.1. The van der Waals surface area contributed by atoms with Gasteiger partial charge in [-0.3, -0.25) is 0 Å². The maximum absolute atomic E-state index is 5.58. The van der Waals surface area contributed by atoms with Crippen molar-refractivity contribution in [3.05, 3.63) is 0 Å². The minimum absolute atomic E-state index is 0.249. The Labute approximate surface area is 386 Å². The number of ether oxygens (including phenoxy) is 12. The molecule has 4 atom stereocenters. The summed E-state index contributed by atoms with van der Waals surface area (Å²) in [4.78, 5) is 8.60. The fourth-order valence-corrected chi connectivity index (χ4v) is 8.37. The zero-order chi connectivity index (χ0) is 43.2. The van der Waals surface area contributed by atoms with E-state index in [9.17, 15) is 0 Å². The summed E-state index contributed by atoms with van der Waals surface area (Å²) in [6, 6.07) is 0. The van der Waals surface area contributed by atoms with Gasteiger partial charge in [0.15, 0.2) is 0 Å². The topological polar surface area (TPSA) is 240 Å². The molecule has 0 aliphatic carbocycles. The van der Waals surface area contributed by atoms with E-state index in [1.807, 2.05) is 0 Å². The molecule has 0 amide bonds. The summed E-state index contributed by atoms with van der Waals surface area (Å²) >= 11 is 4.73. The zero-order valence-electron chi connectivity index (χ0n) is 35.2. The van der Waals surface area contributed by atoms with E-state index >= 15 is 0 Å². The first-order valence-electron chi connectivity index (χ1n) is 21.3. The Balaban J connectivity index is 0.000000108. The Hall–Kier alpha value is -3.68. The highest BCUT2D eigenvalue weighted by Crippen LogP contribution is 2.30. The largest absolute Gasteiger partial charge is 0.472 e. The summed E-state index contributed by atoms with van der Waals surface area (Å²) in [6.45, 7) is 18.2. The average molecular weight is 973 g/mol. The summed E-state index contributed by atoms with van der Waals surface area (Å²) in [6.07, 6.45) is 0.997. The van der Waals surface area contributed by atoms with Gasteiger partial charge in [0.25, 0.3) is 23.5 Å². The van der Waals surface area contributed by atoms with Gasteiger partial charge in [0, 0.05) is 52.4 Å². The SMILES string of the molecule is C1CN(c2nsnc2OC[C@H]2CO2)CCO1.C1CN(c2nsnc2OC[C@H]2CO2)CCO1.C1CN(c2nsnc2OC[C@H]2CO2)CCO1.C1CN(c2nsnc2OC[C@H]2CO2)CCO1. The molecule has 8 saturated heterocycles. The van der Waals surface area contributed by atoms with Crippen LogP contribution in [0.4, 0.5) is 23.3 Å². The van der Waals surface area contributed by atoms with Gasteiger partial charge in [-0.1, -0.05) is 0 Å². The second-order valence-corrected chi connectivity index (χ2v) is 17.1. The third-order valence-corrected chi connectivity index (χ3v) is 12.3. The number of epoxide rings is 4. The van der Waals surface area contributed by atoms with Crippen molar-refractivity contribution >= 4 is 70.2 Å². The number of aromatic nitrogens is 8. The van der Waals surface area contributed by atoms with Gasteiger partial charge in [-0.05, 0) is 0 Å². The van der Waals surface area contributed by atoms with E-state index in [1.165, 1.54) is 46.9 Å². The molecule has 0 spiro atoms. The molecule has 24 nitrogen and oxygen atoms in total. The molecular weight excluding hydrogens is 921 g/mol. The van der Waals surface area contributed by atoms with E-state index in [0.29, 0.717) is 49.9 Å². The molecule has 0 N–H and O–H groups in total. The van der Waals surface area contributed by atoms with Gasteiger partial charge in [0.05, 0.1) is 126 Å². The fraction of sp³-hybridized carbons (Fsp3) is 0.778. The second kappa shape index (κ2) is 23.7. The lowest BCUT2D eigenvalue weighted by molar-refractivity contribution is 0.122. The third kappa shape index (κ3) is 14.2. The van der Waals surface area contributed by atoms with Crippen LogP contribution in [0, 0.1) is 0 Å². The van der Waals surface area contributed by atoms with Crippen LogP contribution in [0.3, 0.4) is 0 Å². The standard InChI is InChI=1S/4C9H13N3O3S/c4*1-3-13-4-2-12(1)8-9(11-16-10-8)15-6-7-5-14-7/h4*7H,1-6H2/t4*7-/m1111/s1. The maximum atomic E-state index is 5.58. The van der Waals surface area contributed by atoms with Crippen LogP contribution in [0.5, 0.6) is 23.5 Å². The average Bonchev–Trinajstić information content (AvgIpc) is 4.30. The molecule has 0 unspecified atom stereocenters. The molecule has 8 aliphatic rings. The fourth-order valence-electron chi connectivity index (χ4n) is 6.28. The van der Waals surface area contributed by atoms with E-state index in [-0.39, 0.29) is 24.4 Å². The van der Waals surface area contributed by atoms with Gasteiger partial charge >= 0.3 is 0 Å². The Morgan fingerprint density at radius 1 is 0.344 bits per heavy atom. The summed E-state index contributed by atoms with van der Waals surface area (Å²) in [5.41, 5.74) is 0. The molecule has 64 heavy (non-hydrogen) atoms. The van der Waals surface area contributed by atoms with E-state index < -0.39 is 0 Å². The van der Waals surface area contributed by atoms with Crippen LogP contribution in [0.15, 0.2) is 0 Å². The van der Waals surface area contributed by atoms with E-state index in [2.05, 4.69) is 54.6 Å². The highest BCUT2D eigenvalue weighted by Gasteiger charge is 2.29. The molecule has 8 aliphatic heterocycles. The Kier molecular flexibility index (Phi) is 16.8. The van der Waals surface area contributed by atoms with Crippen LogP contribution in [0.1, 0.15) is 0 Å². The predicted octanol–water partition coefficient (Wildman–Crippen LogP) is 0.609. The molecule has 0 aromatic carbocycles. The first-order chi connectivity index (χ1) is 31.7. The van der Waals surface area contributed by atoms with E-state index in [4.69, 9.17) is 56.8 Å². The number of anilines is 4. The molecule has 12 rings (SSSR count). The Morgan fingerprint density at radius 2 is 0.547 bits per heavy atom. The highest BCUT2D eigenvalue weighted by molar-refractivity contribution is 7.00. The second-order valence-electron chi connectivity index (χ2n) is 15.0. The quantitative estimate of drug-likeness (QED) is 0.140. The molecule has 4 aromatic heterocycles. The van der Waals surface area contributed by atoms with Gasteiger partial charge in [-0.2, -0.15) is 17.5 Å². The van der Waals surface area contributed by atoms with E-state index in [0.717, 1.165) is 155 Å². The normalized spacial score (nSPS) is 24.5. The molecule has 8 fully saturated rings. The van der Waals surface area contributed by atoms with Crippen molar-refractivity contribution in [2.24, 2.45) is 0 Å². The number of hydrogen-bond acceptors (Lipinski definition) is 28. The van der Waals surface area contributed by atoms with Crippen LogP contribution in [-0.4, -0.2) is 217 Å². The first-order valence-corrected chi connectivity index (χ1v) is 24.2. The van der Waals surface area contributed by atoms with Gasteiger partial charge in [0.2, 0.25) is 23.3 Å². The van der Waals surface area contributed by atoms with Crippen molar-refractivity contribution in [1.29, 1.82) is 0 Å². The third-order valence-electron chi connectivity index (χ3n) is 10.2. The summed E-state index contributed by atoms with van der Waals surface area (Å²) in [5.74, 6) is 5.88. The van der Waals surface area contributed by atoms with Crippen molar-refractivity contribution in [2.75, 3.05) is 178 Å². The summed E-state index contributed by atoms with van der Waals surface area (Å²) in [7, 11) is 0. The van der Waals surface area contributed by atoms with Crippen LogP contribution >= 0.6 is 46.9 Å². The molecule has 12 heterocycles. The molecule has 0 saturated carbocycles. The number of rotatable bonds is 16. The molecule has 0 radical (unpaired) electrons. The Bertz CT molecular complexity index is 1670. The van der Waals surface area contributed by atoms with Crippen molar-refractivity contribution in [3.63, 3.8) is 0 Å². The lowest BCUT2D eigenvalue weighted by Gasteiger charge is -2.26. The van der Waals surface area contributed by atoms with E-state index in [1.54, 1.807) is 0 Å². The van der Waals surface area contributed by atoms with Gasteiger partial charge in [-0.25, -0.2) is 0 Å². The van der Waals surface area contributed by atoms with Gasteiger partial charge < -0.3 is 76.4 Å². The van der Waals surface area contributed by atoms with Crippen LogP contribution < -0.4 is 38.5 Å². The lowest BCUT2D eigenvalue weighted by atomic mass is 10.4. The number of hydrogen-bond donors (Lipinski definition) is 0. The minimum Gasteiger partial charge on any atom is -0.472 e. The minimum atomic E-state index is 0.249. The molecular formula is C36H52N12O12S4. The molecule has 28 heteroatoms. The zero-order valence-corrected chi connectivity index (χ0v) is 38.4. The van der Waals surface area contributed by atoms with Crippen molar-refractivity contribution in [1.82, 2.24) is 35.0 Å². The Morgan fingerprint density at radius 3 is 0.734 bits per heavy atom. The van der Waals surface area contributed by atoms with Crippen molar-refractivity contribution in [3.8, 4) is 23.5 Å². The van der Waals surface area contributed by atoms with Crippen LogP contribution in [-0.2, 0) is 37.9 Å².